The number of furan rings is 1. The number of ether oxygens (including phenoxy) is 1. The maximum absolute atomic E-state index is 13.0. The number of rotatable bonds is 7. The van der Waals surface area contributed by atoms with Crippen molar-refractivity contribution in [2.75, 3.05) is 19.7 Å². The quantitative estimate of drug-likeness (QED) is 0.469. The standard InChI is InChI=1S/C16H20FN3O2/c1-2-18-16(20-12-15-7-4-9-21-15)19-8-10-22-14-6-3-5-13(17)11-14/h3-7,9,11H,2,8,10,12H2,1H3,(H2,18,19,20). The van der Waals surface area contributed by atoms with Crippen molar-refractivity contribution in [2.45, 2.75) is 13.5 Å². The van der Waals surface area contributed by atoms with Gasteiger partial charge in [-0.25, -0.2) is 9.38 Å². The van der Waals surface area contributed by atoms with Crippen LogP contribution in [-0.4, -0.2) is 25.7 Å². The number of nitrogens with zero attached hydrogens (tertiary/aromatic N) is 1. The summed E-state index contributed by atoms with van der Waals surface area (Å²) in [5.74, 6) is 1.69. The SMILES string of the molecule is CCNC(=NCc1ccco1)NCCOc1cccc(F)c1. The Hall–Kier alpha value is -2.50. The number of nitrogens with one attached hydrogen (secondary N) is 2. The summed E-state index contributed by atoms with van der Waals surface area (Å²) in [5.41, 5.74) is 0. The van der Waals surface area contributed by atoms with E-state index in [-0.39, 0.29) is 5.82 Å². The lowest BCUT2D eigenvalue weighted by atomic mass is 10.3. The highest BCUT2D eigenvalue weighted by molar-refractivity contribution is 5.79. The summed E-state index contributed by atoms with van der Waals surface area (Å²) < 4.78 is 23.7. The monoisotopic (exact) mass is 305 g/mol. The van der Waals surface area contributed by atoms with Crippen LogP contribution in [0.15, 0.2) is 52.1 Å². The second kappa shape index (κ2) is 8.71. The maximum atomic E-state index is 13.0. The van der Waals surface area contributed by atoms with Crippen LogP contribution < -0.4 is 15.4 Å². The number of guanidine groups is 1. The molecule has 0 saturated heterocycles. The van der Waals surface area contributed by atoms with Crippen molar-refractivity contribution in [1.29, 1.82) is 0 Å². The van der Waals surface area contributed by atoms with Crippen LogP contribution in [0.3, 0.4) is 0 Å². The third-order valence-electron chi connectivity index (χ3n) is 2.78. The molecule has 1 heterocycles. The van der Waals surface area contributed by atoms with Crippen molar-refractivity contribution in [3.8, 4) is 5.75 Å². The first kappa shape index (κ1) is 15.9. The highest BCUT2D eigenvalue weighted by Gasteiger charge is 2.00. The van der Waals surface area contributed by atoms with Crippen LogP contribution in [0, 0.1) is 5.82 Å². The van der Waals surface area contributed by atoms with E-state index in [2.05, 4.69) is 15.6 Å². The minimum atomic E-state index is -0.307. The summed E-state index contributed by atoms with van der Waals surface area (Å²) >= 11 is 0. The fraction of sp³-hybridized carbons (Fsp3) is 0.312. The van der Waals surface area contributed by atoms with Gasteiger partial charge in [0.1, 0.15) is 30.5 Å². The van der Waals surface area contributed by atoms with Gasteiger partial charge in [-0.05, 0) is 31.2 Å². The van der Waals surface area contributed by atoms with E-state index in [1.54, 1.807) is 18.4 Å². The van der Waals surface area contributed by atoms with Gasteiger partial charge in [-0.2, -0.15) is 0 Å². The molecular weight excluding hydrogens is 285 g/mol. The van der Waals surface area contributed by atoms with Gasteiger partial charge in [0, 0.05) is 12.6 Å². The third-order valence-corrected chi connectivity index (χ3v) is 2.78. The minimum Gasteiger partial charge on any atom is -0.492 e. The third kappa shape index (κ3) is 5.47. The normalized spacial score (nSPS) is 11.3. The zero-order chi connectivity index (χ0) is 15.6. The average molecular weight is 305 g/mol. The van der Waals surface area contributed by atoms with E-state index in [0.29, 0.717) is 31.4 Å². The molecule has 0 radical (unpaired) electrons. The first-order valence-corrected chi connectivity index (χ1v) is 7.21. The fourth-order valence-electron chi connectivity index (χ4n) is 1.80. The molecule has 0 aliphatic rings. The largest absolute Gasteiger partial charge is 0.492 e. The van der Waals surface area contributed by atoms with Gasteiger partial charge >= 0.3 is 0 Å². The highest BCUT2D eigenvalue weighted by atomic mass is 19.1. The van der Waals surface area contributed by atoms with E-state index in [4.69, 9.17) is 9.15 Å². The van der Waals surface area contributed by atoms with Crippen LogP contribution >= 0.6 is 0 Å². The molecule has 2 aromatic rings. The van der Waals surface area contributed by atoms with Crippen LogP contribution in [0.2, 0.25) is 0 Å². The molecule has 118 valence electrons. The lowest BCUT2D eigenvalue weighted by Gasteiger charge is -2.11. The maximum Gasteiger partial charge on any atom is 0.191 e. The number of hydrogen-bond acceptors (Lipinski definition) is 3. The van der Waals surface area contributed by atoms with Crippen molar-refractivity contribution >= 4 is 5.96 Å². The summed E-state index contributed by atoms with van der Waals surface area (Å²) in [6, 6.07) is 9.79. The van der Waals surface area contributed by atoms with E-state index in [1.807, 2.05) is 19.1 Å². The van der Waals surface area contributed by atoms with Crippen LogP contribution in [0.4, 0.5) is 4.39 Å². The Labute approximate surface area is 129 Å². The summed E-state index contributed by atoms with van der Waals surface area (Å²) in [6.45, 7) is 4.18. The first-order chi connectivity index (χ1) is 10.8. The molecule has 0 unspecified atom stereocenters. The first-order valence-electron chi connectivity index (χ1n) is 7.21. The van der Waals surface area contributed by atoms with E-state index < -0.39 is 0 Å². The van der Waals surface area contributed by atoms with Crippen molar-refractivity contribution in [3.63, 3.8) is 0 Å². The van der Waals surface area contributed by atoms with Gasteiger partial charge in [-0.3, -0.25) is 0 Å². The van der Waals surface area contributed by atoms with Gasteiger partial charge in [-0.1, -0.05) is 6.07 Å². The number of hydrogen-bond donors (Lipinski definition) is 2. The summed E-state index contributed by atoms with van der Waals surface area (Å²) in [7, 11) is 0. The number of halogens is 1. The molecule has 0 bridgehead atoms. The zero-order valence-corrected chi connectivity index (χ0v) is 12.5. The predicted octanol–water partition coefficient (Wildman–Crippen LogP) is 2.55. The van der Waals surface area contributed by atoms with E-state index in [0.717, 1.165) is 12.3 Å². The molecule has 5 nitrogen and oxygen atoms in total. The van der Waals surface area contributed by atoms with Crippen LogP contribution in [0.1, 0.15) is 12.7 Å². The Bertz CT molecular complexity index is 585. The van der Waals surface area contributed by atoms with E-state index in [1.165, 1.54) is 12.1 Å². The second-order valence-electron chi connectivity index (χ2n) is 4.51. The molecule has 0 atom stereocenters. The van der Waals surface area contributed by atoms with Crippen molar-refractivity contribution in [3.05, 3.63) is 54.2 Å². The molecular formula is C16H20FN3O2. The lowest BCUT2D eigenvalue weighted by Crippen LogP contribution is -2.39. The fourth-order valence-corrected chi connectivity index (χ4v) is 1.80. The molecule has 1 aromatic heterocycles. The zero-order valence-electron chi connectivity index (χ0n) is 12.5. The predicted molar refractivity (Wildman–Crippen MR) is 83.4 cm³/mol. The molecule has 6 heteroatoms. The van der Waals surface area contributed by atoms with Gasteiger partial charge in [-0.15, -0.1) is 0 Å². The highest BCUT2D eigenvalue weighted by Crippen LogP contribution is 2.11. The number of benzene rings is 1. The topological polar surface area (TPSA) is 58.8 Å². The molecule has 0 aliphatic carbocycles. The lowest BCUT2D eigenvalue weighted by molar-refractivity contribution is 0.320. The van der Waals surface area contributed by atoms with Gasteiger partial charge in [0.05, 0.1) is 12.8 Å². The molecule has 0 spiro atoms. The Morgan fingerprint density at radius 3 is 2.91 bits per heavy atom. The summed E-state index contributed by atoms with van der Waals surface area (Å²) in [4.78, 5) is 4.40. The van der Waals surface area contributed by atoms with E-state index in [9.17, 15) is 4.39 Å². The number of aliphatic imine (C=N–C) groups is 1. The molecule has 0 saturated carbocycles. The van der Waals surface area contributed by atoms with Crippen molar-refractivity contribution in [2.24, 2.45) is 4.99 Å². The summed E-state index contributed by atoms with van der Waals surface area (Å²) in [5, 5.41) is 6.28. The average Bonchev–Trinajstić information content (AvgIpc) is 3.02. The Morgan fingerprint density at radius 1 is 1.27 bits per heavy atom. The molecule has 2 N–H and O–H groups in total. The van der Waals surface area contributed by atoms with Gasteiger partial charge < -0.3 is 19.8 Å². The van der Waals surface area contributed by atoms with Gasteiger partial charge in [0.15, 0.2) is 5.96 Å². The second-order valence-corrected chi connectivity index (χ2v) is 4.51. The molecule has 2 rings (SSSR count). The minimum absolute atomic E-state index is 0.307. The van der Waals surface area contributed by atoms with Crippen molar-refractivity contribution in [1.82, 2.24) is 10.6 Å². The summed E-state index contributed by atoms with van der Waals surface area (Å²) in [6.07, 6.45) is 1.62. The molecule has 0 aliphatic heterocycles. The van der Waals surface area contributed by atoms with Gasteiger partial charge in [0.2, 0.25) is 0 Å². The van der Waals surface area contributed by atoms with Crippen LogP contribution in [-0.2, 0) is 6.54 Å². The molecule has 22 heavy (non-hydrogen) atoms. The molecule has 1 aromatic carbocycles. The molecule has 0 fully saturated rings. The Kier molecular flexibility index (Phi) is 6.29. The van der Waals surface area contributed by atoms with Crippen LogP contribution in [0.25, 0.3) is 0 Å². The van der Waals surface area contributed by atoms with E-state index >= 15 is 0 Å². The smallest absolute Gasteiger partial charge is 0.191 e. The Morgan fingerprint density at radius 2 is 2.18 bits per heavy atom. The van der Waals surface area contributed by atoms with Gasteiger partial charge in [0.25, 0.3) is 0 Å². The van der Waals surface area contributed by atoms with Crippen molar-refractivity contribution < 1.29 is 13.5 Å². The Balaban J connectivity index is 1.75. The van der Waals surface area contributed by atoms with Crippen LogP contribution in [0.5, 0.6) is 5.75 Å². The molecule has 0 amide bonds.